The fourth-order valence-corrected chi connectivity index (χ4v) is 3.42. The SMILES string of the molecule is CCCCCOC(=O)C(CCCC(S)CCCCC)CC(C)(C)C. The fourth-order valence-electron chi connectivity index (χ4n) is 3.06. The van der Waals surface area contributed by atoms with Crippen LogP contribution in [-0.2, 0) is 9.53 Å². The lowest BCUT2D eigenvalue weighted by molar-refractivity contribution is -0.150. The monoisotopic (exact) mass is 358 g/mol. The summed E-state index contributed by atoms with van der Waals surface area (Å²) >= 11 is 4.71. The molecule has 0 aromatic rings. The normalized spacial score (nSPS) is 14.4. The van der Waals surface area contributed by atoms with Crippen LogP contribution in [0.3, 0.4) is 0 Å². The average Bonchev–Trinajstić information content (AvgIpc) is 2.49. The minimum Gasteiger partial charge on any atom is -0.465 e. The quantitative estimate of drug-likeness (QED) is 0.209. The summed E-state index contributed by atoms with van der Waals surface area (Å²) in [6.45, 7) is 11.6. The van der Waals surface area contributed by atoms with E-state index < -0.39 is 0 Å². The molecule has 3 heteroatoms. The molecule has 0 aromatic heterocycles. The molecule has 0 fully saturated rings. The average molecular weight is 359 g/mol. The second-order valence-corrected chi connectivity index (χ2v) is 9.15. The Morgan fingerprint density at radius 2 is 1.50 bits per heavy atom. The second-order valence-electron chi connectivity index (χ2n) is 8.42. The highest BCUT2D eigenvalue weighted by Crippen LogP contribution is 2.29. The highest BCUT2D eigenvalue weighted by molar-refractivity contribution is 7.80. The zero-order valence-corrected chi connectivity index (χ0v) is 17.8. The lowest BCUT2D eigenvalue weighted by atomic mass is 9.82. The van der Waals surface area contributed by atoms with Crippen molar-refractivity contribution >= 4 is 18.6 Å². The van der Waals surface area contributed by atoms with E-state index in [1.807, 2.05) is 0 Å². The zero-order chi connectivity index (χ0) is 18.4. The van der Waals surface area contributed by atoms with Gasteiger partial charge in [-0.15, -0.1) is 0 Å². The number of unbranched alkanes of at least 4 members (excludes halogenated alkanes) is 4. The van der Waals surface area contributed by atoms with Crippen molar-refractivity contribution < 1.29 is 9.53 Å². The summed E-state index contributed by atoms with van der Waals surface area (Å²) in [6, 6.07) is 0. The molecule has 0 aliphatic carbocycles. The highest BCUT2D eigenvalue weighted by Gasteiger charge is 2.26. The summed E-state index contributed by atoms with van der Waals surface area (Å²) < 4.78 is 5.53. The fraction of sp³-hybridized carbons (Fsp3) is 0.952. The molecule has 0 aromatic carbocycles. The Balaban J connectivity index is 4.23. The molecule has 0 rings (SSSR count). The second kappa shape index (κ2) is 14.0. The zero-order valence-electron chi connectivity index (χ0n) is 16.9. The number of rotatable bonds is 14. The third-order valence-electron chi connectivity index (χ3n) is 4.42. The largest absolute Gasteiger partial charge is 0.465 e. The molecule has 2 nitrogen and oxygen atoms in total. The molecule has 0 amide bonds. The van der Waals surface area contributed by atoms with Gasteiger partial charge in [-0.05, 0) is 37.5 Å². The van der Waals surface area contributed by atoms with Gasteiger partial charge in [0.1, 0.15) is 0 Å². The lowest BCUT2D eigenvalue weighted by Crippen LogP contribution is -2.24. The van der Waals surface area contributed by atoms with Crippen molar-refractivity contribution in [1.29, 1.82) is 0 Å². The molecular weight excluding hydrogens is 316 g/mol. The van der Waals surface area contributed by atoms with Crippen LogP contribution in [0.15, 0.2) is 0 Å². The number of hydrogen-bond acceptors (Lipinski definition) is 3. The minimum absolute atomic E-state index is 0.0164. The number of carbonyl (C=O) groups is 1. The van der Waals surface area contributed by atoms with E-state index in [9.17, 15) is 4.79 Å². The van der Waals surface area contributed by atoms with E-state index in [1.165, 1.54) is 25.7 Å². The molecule has 0 N–H and O–H groups in total. The van der Waals surface area contributed by atoms with Gasteiger partial charge in [-0.25, -0.2) is 0 Å². The van der Waals surface area contributed by atoms with Gasteiger partial charge >= 0.3 is 5.97 Å². The first-order valence-corrected chi connectivity index (χ1v) is 10.7. The van der Waals surface area contributed by atoms with Crippen LogP contribution < -0.4 is 0 Å². The Kier molecular flexibility index (Phi) is 13.9. The smallest absolute Gasteiger partial charge is 0.308 e. The van der Waals surface area contributed by atoms with Crippen molar-refractivity contribution in [3.05, 3.63) is 0 Å². The maximum atomic E-state index is 12.4. The maximum absolute atomic E-state index is 12.4. The molecule has 144 valence electrons. The summed E-state index contributed by atoms with van der Waals surface area (Å²) in [5.41, 5.74) is 0.161. The van der Waals surface area contributed by atoms with E-state index in [1.54, 1.807) is 0 Å². The summed E-state index contributed by atoms with van der Waals surface area (Å²) in [7, 11) is 0. The number of thiol groups is 1. The molecule has 0 radical (unpaired) electrons. The Hall–Kier alpha value is -0.180. The van der Waals surface area contributed by atoms with Crippen LogP contribution in [0.2, 0.25) is 0 Å². The summed E-state index contributed by atoms with van der Waals surface area (Å²) in [6.07, 6.45) is 12.3. The Labute approximate surface area is 156 Å². The van der Waals surface area contributed by atoms with Crippen LogP contribution in [0.5, 0.6) is 0 Å². The molecule has 2 atom stereocenters. The van der Waals surface area contributed by atoms with Crippen molar-refractivity contribution in [1.82, 2.24) is 0 Å². The van der Waals surface area contributed by atoms with Gasteiger partial charge in [0.15, 0.2) is 0 Å². The molecule has 0 aliphatic rings. The van der Waals surface area contributed by atoms with Crippen LogP contribution in [0.4, 0.5) is 0 Å². The molecule has 0 heterocycles. The van der Waals surface area contributed by atoms with Gasteiger partial charge in [0.25, 0.3) is 0 Å². The van der Waals surface area contributed by atoms with Crippen molar-refractivity contribution in [2.24, 2.45) is 11.3 Å². The Bertz CT molecular complexity index is 309. The number of ether oxygens (including phenoxy) is 1. The van der Waals surface area contributed by atoms with E-state index in [-0.39, 0.29) is 17.3 Å². The third-order valence-corrected chi connectivity index (χ3v) is 4.93. The maximum Gasteiger partial charge on any atom is 0.308 e. The lowest BCUT2D eigenvalue weighted by Gasteiger charge is -2.25. The molecular formula is C21H42O2S. The molecule has 0 bridgehead atoms. The van der Waals surface area contributed by atoms with Gasteiger partial charge in [0.05, 0.1) is 12.5 Å². The van der Waals surface area contributed by atoms with E-state index in [0.29, 0.717) is 11.9 Å². The van der Waals surface area contributed by atoms with Gasteiger partial charge in [-0.3, -0.25) is 4.79 Å². The standard InChI is InChI=1S/C21H42O2S/c1-6-8-10-14-19(24)15-12-13-18(17-21(3,4)5)20(22)23-16-11-9-7-2/h18-19,24H,6-17H2,1-5H3. The van der Waals surface area contributed by atoms with Crippen LogP contribution in [-0.4, -0.2) is 17.8 Å². The number of esters is 1. The molecule has 24 heavy (non-hydrogen) atoms. The van der Waals surface area contributed by atoms with Crippen molar-refractivity contribution in [2.75, 3.05) is 6.61 Å². The number of carbonyl (C=O) groups excluding carboxylic acids is 1. The summed E-state index contributed by atoms with van der Waals surface area (Å²) in [4.78, 5) is 12.4. The first kappa shape index (κ1) is 23.8. The van der Waals surface area contributed by atoms with E-state index in [4.69, 9.17) is 17.4 Å². The van der Waals surface area contributed by atoms with Crippen LogP contribution >= 0.6 is 12.6 Å². The molecule has 0 aliphatic heterocycles. The van der Waals surface area contributed by atoms with Gasteiger partial charge in [-0.2, -0.15) is 12.6 Å². The summed E-state index contributed by atoms with van der Waals surface area (Å²) in [5.74, 6) is 0.0607. The summed E-state index contributed by atoms with van der Waals surface area (Å²) in [5, 5.41) is 0.479. The van der Waals surface area contributed by atoms with Gasteiger partial charge < -0.3 is 4.74 Å². The van der Waals surface area contributed by atoms with Crippen LogP contribution in [0.1, 0.15) is 105 Å². The van der Waals surface area contributed by atoms with Crippen LogP contribution in [0, 0.1) is 11.3 Å². The number of hydrogen-bond donors (Lipinski definition) is 1. The first-order valence-electron chi connectivity index (χ1n) is 10.1. The minimum atomic E-state index is 0.0164. The Morgan fingerprint density at radius 3 is 2.08 bits per heavy atom. The van der Waals surface area contributed by atoms with Crippen LogP contribution in [0.25, 0.3) is 0 Å². The molecule has 0 saturated carbocycles. The van der Waals surface area contributed by atoms with Crippen molar-refractivity contribution in [3.63, 3.8) is 0 Å². The van der Waals surface area contributed by atoms with Gasteiger partial charge in [0.2, 0.25) is 0 Å². The van der Waals surface area contributed by atoms with Crippen molar-refractivity contribution in [2.45, 2.75) is 110 Å². The van der Waals surface area contributed by atoms with E-state index in [2.05, 4.69) is 34.6 Å². The predicted molar refractivity (Wildman–Crippen MR) is 109 cm³/mol. The third kappa shape index (κ3) is 14.2. The molecule has 2 unspecified atom stereocenters. The Morgan fingerprint density at radius 1 is 0.917 bits per heavy atom. The predicted octanol–water partition coefficient (Wildman–Crippen LogP) is 6.82. The van der Waals surface area contributed by atoms with Gasteiger partial charge in [0, 0.05) is 5.25 Å². The first-order chi connectivity index (χ1) is 11.3. The molecule has 0 spiro atoms. The molecule has 0 saturated heterocycles. The van der Waals surface area contributed by atoms with Gasteiger partial charge in [-0.1, -0.05) is 73.1 Å². The van der Waals surface area contributed by atoms with E-state index in [0.717, 1.165) is 44.9 Å². The topological polar surface area (TPSA) is 26.3 Å². The highest BCUT2D eigenvalue weighted by atomic mass is 32.1. The van der Waals surface area contributed by atoms with Crippen molar-refractivity contribution in [3.8, 4) is 0 Å². The van der Waals surface area contributed by atoms with E-state index >= 15 is 0 Å².